The summed E-state index contributed by atoms with van der Waals surface area (Å²) in [6.07, 6.45) is -5.06. The van der Waals surface area contributed by atoms with Crippen molar-refractivity contribution in [2.24, 2.45) is 5.92 Å². The van der Waals surface area contributed by atoms with Gasteiger partial charge in [0, 0.05) is 6.54 Å². The fourth-order valence-corrected chi connectivity index (χ4v) is 4.37. The molecule has 0 saturated carbocycles. The molecule has 3 aromatic rings. The Morgan fingerprint density at radius 1 is 0.750 bits per heavy atom. The van der Waals surface area contributed by atoms with Crippen LogP contribution in [-0.4, -0.2) is 58.9 Å². The number of likely N-dealkylation sites (tertiary alicyclic amines) is 1. The molecule has 0 radical (unpaired) electrons. The Balaban J connectivity index is 1.58. The van der Waals surface area contributed by atoms with Gasteiger partial charge in [0.05, 0.1) is 6.61 Å². The molecule has 40 heavy (non-hydrogen) atoms. The number of rotatable bonds is 10. The molecule has 4 rings (SSSR count). The van der Waals surface area contributed by atoms with Crippen LogP contribution in [0.25, 0.3) is 0 Å². The Hall–Kier alpha value is -3.92. The zero-order valence-electron chi connectivity index (χ0n) is 21.6. The van der Waals surface area contributed by atoms with E-state index < -0.39 is 48.3 Å². The zero-order valence-corrected chi connectivity index (χ0v) is 22.4. The van der Waals surface area contributed by atoms with E-state index in [2.05, 4.69) is 0 Å². The maximum absolute atomic E-state index is 13.4. The van der Waals surface area contributed by atoms with Gasteiger partial charge >= 0.3 is 18.0 Å². The van der Waals surface area contributed by atoms with Crippen molar-refractivity contribution in [3.8, 4) is 0 Å². The molecule has 210 valence electrons. The van der Waals surface area contributed by atoms with E-state index in [1.165, 1.54) is 0 Å². The summed E-state index contributed by atoms with van der Waals surface area (Å²) in [5, 5.41) is 11.3. The SMILES string of the molecule is O=C(CCl)O[C@@H]1[C@@H](C(=O)OCc2ccccc2)CN(C(=O)OCc2ccccc2)C(O)[C@H]1OCc1ccccc1. The standard InChI is InChI=1S/C30H30ClNO8/c31-16-25(33)40-26-24(29(35)38-19-22-12-6-2-7-13-22)17-32(30(36)39-20-23-14-8-3-9-15-23)28(34)27(26)37-18-21-10-4-1-5-11-21/h1-15,24,26-28,34H,16-20H2/t24-,26+,27-,28?/m0/s1. The number of hydrogen-bond donors (Lipinski definition) is 1. The van der Waals surface area contributed by atoms with E-state index >= 15 is 0 Å². The van der Waals surface area contributed by atoms with E-state index in [1.54, 1.807) is 36.4 Å². The summed E-state index contributed by atoms with van der Waals surface area (Å²) in [5.41, 5.74) is 2.26. The third-order valence-corrected chi connectivity index (χ3v) is 6.57. The van der Waals surface area contributed by atoms with Crippen molar-refractivity contribution in [3.63, 3.8) is 0 Å². The lowest BCUT2D eigenvalue weighted by molar-refractivity contribution is -0.214. The molecule has 1 N–H and O–H groups in total. The van der Waals surface area contributed by atoms with Gasteiger partial charge in [-0.05, 0) is 16.7 Å². The number of hydrogen-bond acceptors (Lipinski definition) is 8. The molecule has 1 unspecified atom stereocenters. The van der Waals surface area contributed by atoms with Crippen LogP contribution in [0.5, 0.6) is 0 Å². The lowest BCUT2D eigenvalue weighted by atomic mass is 9.90. The molecule has 1 amide bonds. The van der Waals surface area contributed by atoms with Gasteiger partial charge in [0.2, 0.25) is 0 Å². The van der Waals surface area contributed by atoms with Crippen LogP contribution in [-0.2, 0) is 48.4 Å². The number of alkyl halides is 1. The number of ether oxygens (including phenoxy) is 4. The van der Waals surface area contributed by atoms with Crippen LogP contribution in [0.3, 0.4) is 0 Å². The minimum atomic E-state index is -1.60. The number of piperidine rings is 1. The fraction of sp³-hybridized carbons (Fsp3) is 0.300. The first kappa shape index (κ1) is 29.1. The molecular formula is C30H30ClNO8. The van der Waals surface area contributed by atoms with E-state index in [0.29, 0.717) is 0 Å². The van der Waals surface area contributed by atoms with Crippen molar-refractivity contribution in [1.29, 1.82) is 0 Å². The van der Waals surface area contributed by atoms with Crippen LogP contribution in [0.15, 0.2) is 91.0 Å². The van der Waals surface area contributed by atoms with Crippen LogP contribution in [0.4, 0.5) is 4.79 Å². The second-order valence-corrected chi connectivity index (χ2v) is 9.42. The predicted molar refractivity (Wildman–Crippen MR) is 145 cm³/mol. The second-order valence-electron chi connectivity index (χ2n) is 9.16. The molecule has 1 aliphatic heterocycles. The average molecular weight is 568 g/mol. The summed E-state index contributed by atoms with van der Waals surface area (Å²) < 4.78 is 22.5. The normalized spacial score (nSPS) is 20.4. The van der Waals surface area contributed by atoms with Gasteiger partial charge < -0.3 is 24.1 Å². The van der Waals surface area contributed by atoms with Gasteiger partial charge in [-0.1, -0.05) is 91.0 Å². The highest BCUT2D eigenvalue weighted by Gasteiger charge is 2.51. The number of amides is 1. The van der Waals surface area contributed by atoms with Gasteiger partial charge in [0.15, 0.2) is 6.23 Å². The van der Waals surface area contributed by atoms with Gasteiger partial charge in [0.25, 0.3) is 0 Å². The molecule has 4 atom stereocenters. The highest BCUT2D eigenvalue weighted by molar-refractivity contribution is 6.26. The van der Waals surface area contributed by atoms with E-state index in [-0.39, 0.29) is 26.4 Å². The zero-order chi connectivity index (χ0) is 28.3. The number of halogens is 1. The Morgan fingerprint density at radius 2 is 1.25 bits per heavy atom. The van der Waals surface area contributed by atoms with Crippen LogP contribution in [0.1, 0.15) is 16.7 Å². The van der Waals surface area contributed by atoms with Crippen molar-refractivity contribution in [3.05, 3.63) is 108 Å². The number of carbonyl (C=O) groups is 3. The van der Waals surface area contributed by atoms with Gasteiger partial charge in [-0.25, -0.2) is 4.79 Å². The van der Waals surface area contributed by atoms with Crippen molar-refractivity contribution in [2.75, 3.05) is 12.4 Å². The highest BCUT2D eigenvalue weighted by Crippen LogP contribution is 2.30. The molecule has 3 aromatic carbocycles. The average Bonchev–Trinajstić information content (AvgIpc) is 3.00. The molecular weight excluding hydrogens is 538 g/mol. The van der Waals surface area contributed by atoms with E-state index in [4.69, 9.17) is 30.5 Å². The van der Waals surface area contributed by atoms with Gasteiger partial charge in [-0.2, -0.15) is 0 Å². The summed E-state index contributed by atoms with van der Waals surface area (Å²) in [4.78, 5) is 39.8. The smallest absolute Gasteiger partial charge is 0.412 e. The summed E-state index contributed by atoms with van der Waals surface area (Å²) in [6.45, 7) is -0.418. The first-order chi connectivity index (χ1) is 19.5. The van der Waals surface area contributed by atoms with Crippen molar-refractivity contribution in [2.45, 2.75) is 38.3 Å². The summed E-state index contributed by atoms with van der Waals surface area (Å²) in [7, 11) is 0. The molecule has 0 aromatic heterocycles. The molecule has 10 heteroatoms. The van der Waals surface area contributed by atoms with Gasteiger partial charge in [-0.15, -0.1) is 11.6 Å². The Kier molecular flexibility index (Phi) is 10.5. The number of esters is 2. The third kappa shape index (κ3) is 7.81. The number of aliphatic hydroxyl groups is 1. The molecule has 0 spiro atoms. The number of nitrogens with zero attached hydrogens (tertiary/aromatic N) is 1. The second kappa shape index (κ2) is 14.5. The molecule has 1 aliphatic rings. The Morgan fingerprint density at radius 3 is 1.77 bits per heavy atom. The van der Waals surface area contributed by atoms with Gasteiger partial charge in [-0.3, -0.25) is 14.5 Å². The maximum Gasteiger partial charge on any atom is 0.412 e. The van der Waals surface area contributed by atoms with Gasteiger partial charge in [0.1, 0.15) is 37.2 Å². The minimum Gasteiger partial charge on any atom is -0.460 e. The molecule has 0 bridgehead atoms. The Labute approximate surface area is 237 Å². The predicted octanol–water partition coefficient (Wildman–Crippen LogP) is 4.05. The lowest BCUT2D eigenvalue weighted by Crippen LogP contribution is -2.64. The number of carbonyl (C=O) groups excluding carboxylic acids is 3. The van der Waals surface area contributed by atoms with E-state index in [9.17, 15) is 19.5 Å². The fourth-order valence-electron chi connectivity index (χ4n) is 4.31. The Bertz CT molecular complexity index is 1240. The molecule has 1 heterocycles. The van der Waals surface area contributed by atoms with Crippen molar-refractivity contribution >= 4 is 29.6 Å². The molecule has 1 fully saturated rings. The topological polar surface area (TPSA) is 112 Å². The quantitative estimate of drug-likeness (QED) is 0.222. The third-order valence-electron chi connectivity index (χ3n) is 6.36. The maximum atomic E-state index is 13.4. The highest BCUT2D eigenvalue weighted by atomic mass is 35.5. The summed E-state index contributed by atoms with van der Waals surface area (Å²) in [6, 6.07) is 27.2. The number of benzene rings is 3. The van der Waals surface area contributed by atoms with Crippen LogP contribution < -0.4 is 0 Å². The first-order valence-electron chi connectivity index (χ1n) is 12.7. The number of aliphatic hydroxyl groups excluding tert-OH is 1. The molecule has 1 saturated heterocycles. The van der Waals surface area contributed by atoms with Crippen molar-refractivity contribution in [1.82, 2.24) is 4.90 Å². The van der Waals surface area contributed by atoms with Crippen LogP contribution >= 0.6 is 11.6 Å². The largest absolute Gasteiger partial charge is 0.460 e. The van der Waals surface area contributed by atoms with E-state index in [0.717, 1.165) is 21.6 Å². The summed E-state index contributed by atoms with van der Waals surface area (Å²) >= 11 is 5.70. The van der Waals surface area contributed by atoms with E-state index in [1.807, 2.05) is 54.6 Å². The monoisotopic (exact) mass is 567 g/mol. The molecule has 0 aliphatic carbocycles. The summed E-state index contributed by atoms with van der Waals surface area (Å²) in [5.74, 6) is -3.22. The van der Waals surface area contributed by atoms with Crippen molar-refractivity contribution < 1.29 is 38.4 Å². The first-order valence-corrected chi connectivity index (χ1v) is 13.3. The van der Waals surface area contributed by atoms with Crippen LogP contribution in [0, 0.1) is 5.92 Å². The van der Waals surface area contributed by atoms with Crippen LogP contribution in [0.2, 0.25) is 0 Å². The minimum absolute atomic E-state index is 0.0101. The lowest BCUT2D eigenvalue weighted by Gasteiger charge is -2.44. The molecule has 9 nitrogen and oxygen atoms in total.